The molecule has 4 rings (SSSR count). The molecule has 0 aliphatic rings. The molecule has 0 aliphatic heterocycles. The first-order chi connectivity index (χ1) is 15.1. The number of carbonyl (C=O) groups excluding carboxylic acids is 1. The number of hydrogen-bond acceptors (Lipinski definition) is 2. The van der Waals surface area contributed by atoms with Crippen LogP contribution in [-0.2, 0) is 0 Å². The summed E-state index contributed by atoms with van der Waals surface area (Å²) in [6, 6.07) is 33.2. The number of hydrogen-bond donors (Lipinski definition) is 1. The fourth-order valence-corrected chi connectivity index (χ4v) is 4.03. The molecule has 0 saturated carbocycles. The van der Waals surface area contributed by atoms with Crippen LogP contribution in [0.15, 0.2) is 97.1 Å². The lowest BCUT2D eigenvalue weighted by atomic mass is 9.99. The van der Waals surface area contributed by atoms with Crippen LogP contribution in [0.25, 0.3) is 21.9 Å². The molecule has 0 heterocycles. The van der Waals surface area contributed by atoms with Crippen molar-refractivity contribution in [3.63, 3.8) is 0 Å². The fraction of sp³-hybridized carbons (Fsp3) is 0.179. The van der Waals surface area contributed by atoms with Crippen LogP contribution in [0.1, 0.15) is 28.4 Å². The summed E-state index contributed by atoms with van der Waals surface area (Å²) in [5, 5.41) is 5.59. The van der Waals surface area contributed by atoms with Crippen LogP contribution in [0.2, 0.25) is 0 Å². The molecule has 1 N–H and O–H groups in total. The molecular formula is C28H28N2O. The Morgan fingerprint density at radius 2 is 1.48 bits per heavy atom. The number of nitrogens with one attached hydrogen (secondary N) is 1. The first-order valence-corrected chi connectivity index (χ1v) is 10.7. The first kappa shape index (κ1) is 20.8. The number of benzene rings is 4. The van der Waals surface area contributed by atoms with Gasteiger partial charge in [0.1, 0.15) is 0 Å². The first-order valence-electron chi connectivity index (χ1n) is 10.7. The molecule has 0 saturated heterocycles. The third kappa shape index (κ3) is 5.01. The van der Waals surface area contributed by atoms with Crippen molar-refractivity contribution in [1.29, 1.82) is 0 Å². The summed E-state index contributed by atoms with van der Waals surface area (Å²) in [6.07, 6.45) is 0.843. The molecule has 0 bridgehead atoms. The molecule has 0 aromatic heterocycles. The topological polar surface area (TPSA) is 32.3 Å². The van der Waals surface area contributed by atoms with Crippen LogP contribution in [0.3, 0.4) is 0 Å². The molecular weight excluding hydrogens is 380 g/mol. The smallest absolute Gasteiger partial charge is 0.251 e. The number of carbonyl (C=O) groups is 1. The quantitative estimate of drug-likeness (QED) is 0.411. The maximum Gasteiger partial charge on any atom is 0.251 e. The van der Waals surface area contributed by atoms with E-state index in [0.29, 0.717) is 12.1 Å². The second-order valence-corrected chi connectivity index (χ2v) is 8.08. The van der Waals surface area contributed by atoms with E-state index < -0.39 is 0 Å². The lowest BCUT2D eigenvalue weighted by molar-refractivity contribution is 0.0949. The maximum absolute atomic E-state index is 12.8. The molecule has 0 radical (unpaired) electrons. The van der Waals surface area contributed by atoms with Gasteiger partial charge in [0, 0.05) is 18.2 Å². The molecule has 3 heteroatoms. The molecule has 4 aromatic carbocycles. The molecule has 156 valence electrons. The van der Waals surface area contributed by atoms with Gasteiger partial charge < -0.3 is 10.2 Å². The maximum atomic E-state index is 12.8. The Balaban J connectivity index is 1.42. The van der Waals surface area contributed by atoms with Gasteiger partial charge >= 0.3 is 0 Å². The van der Waals surface area contributed by atoms with Gasteiger partial charge in [-0.3, -0.25) is 4.79 Å². The molecule has 3 nitrogen and oxygen atoms in total. The summed E-state index contributed by atoms with van der Waals surface area (Å²) in [6.45, 7) is 0.615. The van der Waals surface area contributed by atoms with Crippen molar-refractivity contribution >= 4 is 16.7 Å². The summed E-state index contributed by atoms with van der Waals surface area (Å²) >= 11 is 0. The van der Waals surface area contributed by atoms with Crippen molar-refractivity contribution in [1.82, 2.24) is 10.2 Å². The monoisotopic (exact) mass is 408 g/mol. The number of fused-ring (bicyclic) bond motifs is 1. The van der Waals surface area contributed by atoms with Gasteiger partial charge in [-0.15, -0.1) is 0 Å². The highest BCUT2D eigenvalue weighted by atomic mass is 16.1. The number of nitrogens with zero attached hydrogens (tertiary/aromatic N) is 1. The van der Waals surface area contributed by atoms with Crippen LogP contribution in [0.5, 0.6) is 0 Å². The van der Waals surface area contributed by atoms with Crippen molar-refractivity contribution in [3.05, 3.63) is 108 Å². The van der Waals surface area contributed by atoms with Crippen LogP contribution in [0, 0.1) is 0 Å². The molecule has 0 spiro atoms. The fourth-order valence-electron chi connectivity index (χ4n) is 4.03. The predicted octanol–water partition coefficient (Wildman–Crippen LogP) is 5.93. The molecule has 1 amide bonds. The van der Waals surface area contributed by atoms with Gasteiger partial charge in [0.25, 0.3) is 5.91 Å². The minimum Gasteiger partial charge on any atom is -0.352 e. The van der Waals surface area contributed by atoms with Gasteiger partial charge in [0.2, 0.25) is 0 Å². The van der Waals surface area contributed by atoms with Gasteiger partial charge in [0.15, 0.2) is 0 Å². The van der Waals surface area contributed by atoms with Gasteiger partial charge in [-0.1, -0.05) is 78.9 Å². The van der Waals surface area contributed by atoms with Gasteiger partial charge in [-0.25, -0.2) is 0 Å². The number of amides is 1. The van der Waals surface area contributed by atoms with E-state index in [1.165, 1.54) is 16.3 Å². The van der Waals surface area contributed by atoms with E-state index in [9.17, 15) is 4.79 Å². The van der Waals surface area contributed by atoms with Crippen molar-refractivity contribution < 1.29 is 4.79 Å². The van der Waals surface area contributed by atoms with E-state index in [4.69, 9.17) is 0 Å². The van der Waals surface area contributed by atoms with Gasteiger partial charge in [0.05, 0.1) is 0 Å². The Kier molecular flexibility index (Phi) is 6.44. The summed E-state index contributed by atoms with van der Waals surface area (Å²) < 4.78 is 0. The van der Waals surface area contributed by atoms with Gasteiger partial charge in [-0.2, -0.15) is 0 Å². The SMILES string of the molecule is CN(C)C(CCNC(=O)c1cccc(-c2ccccc2)c1)c1ccc2ccccc2c1. The van der Waals surface area contributed by atoms with E-state index in [0.717, 1.165) is 17.5 Å². The standard InChI is InChI=1S/C28H28N2O/c1-30(2)27(25-16-15-22-11-6-7-12-23(22)19-25)17-18-29-28(31)26-14-8-13-24(20-26)21-9-4-3-5-10-21/h3-16,19-20,27H,17-18H2,1-2H3,(H,29,31). The highest BCUT2D eigenvalue weighted by molar-refractivity contribution is 5.95. The van der Waals surface area contributed by atoms with E-state index in [2.05, 4.69) is 78.9 Å². The van der Waals surface area contributed by atoms with Crippen molar-refractivity contribution in [3.8, 4) is 11.1 Å². The Morgan fingerprint density at radius 3 is 2.26 bits per heavy atom. The second kappa shape index (κ2) is 9.59. The van der Waals surface area contributed by atoms with E-state index in [1.807, 2.05) is 42.5 Å². The van der Waals surface area contributed by atoms with Crippen LogP contribution < -0.4 is 5.32 Å². The van der Waals surface area contributed by atoms with Crippen molar-refractivity contribution in [2.75, 3.05) is 20.6 Å². The van der Waals surface area contributed by atoms with Crippen molar-refractivity contribution in [2.24, 2.45) is 0 Å². The third-order valence-electron chi connectivity index (χ3n) is 5.72. The van der Waals surface area contributed by atoms with Crippen molar-refractivity contribution in [2.45, 2.75) is 12.5 Å². The van der Waals surface area contributed by atoms with Crippen LogP contribution in [-0.4, -0.2) is 31.4 Å². The Bertz CT molecular complexity index is 1170. The zero-order valence-electron chi connectivity index (χ0n) is 18.1. The molecule has 1 unspecified atom stereocenters. The van der Waals surface area contributed by atoms with E-state index in [1.54, 1.807) is 0 Å². The largest absolute Gasteiger partial charge is 0.352 e. The lowest BCUT2D eigenvalue weighted by Gasteiger charge is -2.25. The highest BCUT2D eigenvalue weighted by Gasteiger charge is 2.15. The zero-order valence-corrected chi connectivity index (χ0v) is 18.1. The van der Waals surface area contributed by atoms with Crippen LogP contribution in [0.4, 0.5) is 0 Å². The summed E-state index contributed by atoms with van der Waals surface area (Å²) in [5.74, 6) is -0.0335. The summed E-state index contributed by atoms with van der Waals surface area (Å²) in [5.41, 5.74) is 4.12. The van der Waals surface area contributed by atoms with E-state index in [-0.39, 0.29) is 11.9 Å². The molecule has 31 heavy (non-hydrogen) atoms. The predicted molar refractivity (Wildman–Crippen MR) is 129 cm³/mol. The van der Waals surface area contributed by atoms with Gasteiger partial charge in [-0.05, 0) is 66.2 Å². The van der Waals surface area contributed by atoms with Crippen LogP contribution >= 0.6 is 0 Å². The number of rotatable bonds is 7. The lowest BCUT2D eigenvalue weighted by Crippen LogP contribution is -2.29. The molecule has 4 aromatic rings. The van der Waals surface area contributed by atoms with E-state index >= 15 is 0 Å². The Morgan fingerprint density at radius 1 is 0.774 bits per heavy atom. The average Bonchev–Trinajstić information content (AvgIpc) is 2.82. The minimum absolute atomic E-state index is 0.0335. The second-order valence-electron chi connectivity index (χ2n) is 8.08. The molecule has 0 fully saturated rings. The Hall–Kier alpha value is -3.43. The molecule has 1 atom stereocenters. The summed E-state index contributed by atoms with van der Waals surface area (Å²) in [4.78, 5) is 15.0. The highest BCUT2D eigenvalue weighted by Crippen LogP contribution is 2.26. The Labute approximate surface area is 184 Å². The summed E-state index contributed by atoms with van der Waals surface area (Å²) in [7, 11) is 4.18. The average molecular weight is 409 g/mol. The minimum atomic E-state index is -0.0335. The third-order valence-corrected chi connectivity index (χ3v) is 5.72. The normalized spacial score (nSPS) is 12.1. The molecule has 0 aliphatic carbocycles. The zero-order chi connectivity index (χ0) is 21.6.